The van der Waals surface area contributed by atoms with Crippen molar-refractivity contribution in [2.24, 2.45) is 0 Å². The maximum Gasteiger partial charge on any atom is 0.347 e. The van der Waals surface area contributed by atoms with Crippen molar-refractivity contribution >= 4 is 24.8 Å². The van der Waals surface area contributed by atoms with E-state index >= 15 is 0 Å². The van der Waals surface area contributed by atoms with Crippen molar-refractivity contribution in [3.8, 4) is 11.1 Å². The first-order chi connectivity index (χ1) is 8.47. The van der Waals surface area contributed by atoms with Gasteiger partial charge in [-0.15, -0.1) is 0 Å². The predicted octanol–water partition coefficient (Wildman–Crippen LogP) is 2.75. The standard InChI is InChI=1S/C11H13N2O3PS/c1-8(17(14,15)16)13-11-6-9(2-4-12-11)10-3-5-18-7-10/h2-8H,1H3,(H,12,13)(H2,14,15,16). The van der Waals surface area contributed by atoms with Crippen molar-refractivity contribution in [3.05, 3.63) is 35.2 Å². The zero-order chi connectivity index (χ0) is 13.2. The number of aromatic nitrogens is 1. The van der Waals surface area contributed by atoms with E-state index in [1.807, 2.05) is 22.9 Å². The number of hydrogen-bond donors (Lipinski definition) is 3. The average Bonchev–Trinajstić information content (AvgIpc) is 2.81. The maximum absolute atomic E-state index is 11.1. The molecular weight excluding hydrogens is 271 g/mol. The quantitative estimate of drug-likeness (QED) is 0.752. The summed E-state index contributed by atoms with van der Waals surface area (Å²) in [6.45, 7) is 1.43. The topological polar surface area (TPSA) is 82.5 Å². The zero-order valence-electron chi connectivity index (χ0n) is 9.65. The van der Waals surface area contributed by atoms with E-state index in [4.69, 9.17) is 9.79 Å². The number of anilines is 1. The van der Waals surface area contributed by atoms with Gasteiger partial charge in [-0.05, 0) is 47.0 Å². The van der Waals surface area contributed by atoms with Gasteiger partial charge in [0, 0.05) is 6.20 Å². The second-order valence-corrected chi connectivity index (χ2v) is 6.58. The van der Waals surface area contributed by atoms with Crippen molar-refractivity contribution < 1.29 is 14.4 Å². The van der Waals surface area contributed by atoms with E-state index in [0.717, 1.165) is 11.1 Å². The van der Waals surface area contributed by atoms with Crippen LogP contribution < -0.4 is 5.32 Å². The molecule has 2 rings (SSSR count). The zero-order valence-corrected chi connectivity index (χ0v) is 11.4. The summed E-state index contributed by atoms with van der Waals surface area (Å²) in [7, 11) is -4.15. The molecule has 2 aromatic rings. The first-order valence-corrected chi connectivity index (χ1v) is 7.89. The minimum atomic E-state index is -4.15. The summed E-state index contributed by atoms with van der Waals surface area (Å²) in [6.07, 6.45) is 1.61. The van der Waals surface area contributed by atoms with Crippen LogP contribution in [0.2, 0.25) is 0 Å². The largest absolute Gasteiger partial charge is 0.356 e. The summed E-state index contributed by atoms with van der Waals surface area (Å²) in [5.41, 5.74) is 2.03. The highest BCUT2D eigenvalue weighted by Crippen LogP contribution is 2.40. The van der Waals surface area contributed by atoms with E-state index in [2.05, 4.69) is 10.3 Å². The van der Waals surface area contributed by atoms with Crippen LogP contribution in [-0.2, 0) is 4.57 Å². The van der Waals surface area contributed by atoms with E-state index in [1.165, 1.54) is 6.92 Å². The van der Waals surface area contributed by atoms with Gasteiger partial charge in [0.1, 0.15) is 11.6 Å². The fourth-order valence-electron chi connectivity index (χ4n) is 1.42. The van der Waals surface area contributed by atoms with Crippen molar-refractivity contribution in [2.45, 2.75) is 12.7 Å². The molecule has 0 aromatic carbocycles. The Morgan fingerprint density at radius 3 is 2.78 bits per heavy atom. The monoisotopic (exact) mass is 284 g/mol. The Kier molecular flexibility index (Phi) is 3.82. The number of nitrogens with one attached hydrogen (secondary N) is 1. The summed E-state index contributed by atoms with van der Waals surface area (Å²) in [4.78, 5) is 22.1. The van der Waals surface area contributed by atoms with Crippen molar-refractivity contribution in [1.82, 2.24) is 4.98 Å². The number of pyridine rings is 1. The first-order valence-electron chi connectivity index (χ1n) is 5.27. The number of rotatable bonds is 4. The minimum Gasteiger partial charge on any atom is -0.356 e. The van der Waals surface area contributed by atoms with Crippen LogP contribution in [0.3, 0.4) is 0 Å². The highest BCUT2D eigenvalue weighted by molar-refractivity contribution is 7.52. The van der Waals surface area contributed by atoms with Gasteiger partial charge in [-0.25, -0.2) is 4.98 Å². The molecule has 18 heavy (non-hydrogen) atoms. The molecule has 0 saturated carbocycles. The van der Waals surface area contributed by atoms with E-state index in [9.17, 15) is 4.57 Å². The summed E-state index contributed by atoms with van der Waals surface area (Å²) in [5, 5.41) is 6.69. The van der Waals surface area contributed by atoms with Gasteiger partial charge < -0.3 is 15.1 Å². The van der Waals surface area contributed by atoms with Crippen LogP contribution in [0.15, 0.2) is 35.2 Å². The number of hydrogen-bond acceptors (Lipinski definition) is 4. The second kappa shape index (κ2) is 5.20. The molecule has 0 aliphatic heterocycles. The molecule has 3 N–H and O–H groups in total. The maximum atomic E-state index is 11.1. The Morgan fingerprint density at radius 1 is 1.39 bits per heavy atom. The Hall–Kier alpha value is -1.20. The molecule has 2 heterocycles. The molecule has 5 nitrogen and oxygen atoms in total. The molecule has 0 radical (unpaired) electrons. The highest BCUT2D eigenvalue weighted by Gasteiger charge is 2.23. The lowest BCUT2D eigenvalue weighted by Crippen LogP contribution is -2.15. The Morgan fingerprint density at radius 2 is 2.17 bits per heavy atom. The molecular formula is C11H13N2O3PS. The molecule has 0 spiro atoms. The Labute approximate surface area is 109 Å². The van der Waals surface area contributed by atoms with E-state index in [1.54, 1.807) is 23.6 Å². The first kappa shape index (κ1) is 13.2. The highest BCUT2D eigenvalue weighted by atomic mass is 32.1. The van der Waals surface area contributed by atoms with Gasteiger partial charge in [-0.3, -0.25) is 4.57 Å². The predicted molar refractivity (Wildman–Crippen MR) is 72.7 cm³/mol. The van der Waals surface area contributed by atoms with Crippen LogP contribution in [0.25, 0.3) is 11.1 Å². The van der Waals surface area contributed by atoms with Crippen LogP contribution in [-0.4, -0.2) is 20.6 Å². The molecule has 0 amide bonds. The third-order valence-electron chi connectivity index (χ3n) is 2.48. The van der Waals surface area contributed by atoms with Crippen molar-refractivity contribution in [3.63, 3.8) is 0 Å². The van der Waals surface area contributed by atoms with Crippen LogP contribution in [0, 0.1) is 0 Å². The van der Waals surface area contributed by atoms with Gasteiger partial charge in [0.15, 0.2) is 0 Å². The van der Waals surface area contributed by atoms with Gasteiger partial charge in [0.25, 0.3) is 0 Å². The summed E-state index contributed by atoms with van der Waals surface area (Å²) in [6, 6.07) is 5.61. The lowest BCUT2D eigenvalue weighted by atomic mass is 10.1. The summed E-state index contributed by atoms with van der Waals surface area (Å²) >= 11 is 1.59. The van der Waals surface area contributed by atoms with Gasteiger partial charge >= 0.3 is 7.60 Å². The van der Waals surface area contributed by atoms with Crippen LogP contribution in [0.4, 0.5) is 5.82 Å². The third kappa shape index (κ3) is 3.17. The summed E-state index contributed by atoms with van der Waals surface area (Å²) in [5.74, 6) is -0.503. The molecule has 0 aliphatic carbocycles. The molecule has 2 aromatic heterocycles. The molecule has 0 bridgehead atoms. The fraction of sp³-hybridized carbons (Fsp3) is 0.182. The summed E-state index contributed by atoms with van der Waals surface area (Å²) < 4.78 is 11.1. The van der Waals surface area contributed by atoms with Gasteiger partial charge in [-0.2, -0.15) is 11.3 Å². The van der Waals surface area contributed by atoms with Crippen molar-refractivity contribution in [2.75, 3.05) is 5.32 Å². The van der Waals surface area contributed by atoms with Gasteiger partial charge in [-0.1, -0.05) is 0 Å². The smallest absolute Gasteiger partial charge is 0.347 e. The molecule has 96 valence electrons. The Bertz CT molecular complexity index is 567. The SMILES string of the molecule is CC(Nc1cc(-c2ccsc2)ccn1)P(=O)(O)O. The lowest BCUT2D eigenvalue weighted by molar-refractivity contribution is 0.364. The van der Waals surface area contributed by atoms with E-state index < -0.39 is 13.4 Å². The van der Waals surface area contributed by atoms with Crippen LogP contribution >= 0.6 is 18.9 Å². The molecule has 7 heteroatoms. The molecule has 0 aliphatic rings. The van der Waals surface area contributed by atoms with Crippen LogP contribution in [0.5, 0.6) is 0 Å². The molecule has 1 unspecified atom stereocenters. The van der Waals surface area contributed by atoms with E-state index in [-0.39, 0.29) is 0 Å². The molecule has 0 fully saturated rings. The Balaban J connectivity index is 2.21. The fourth-order valence-corrected chi connectivity index (χ4v) is 2.38. The molecule has 0 saturated heterocycles. The lowest BCUT2D eigenvalue weighted by Gasteiger charge is -2.16. The third-order valence-corrected chi connectivity index (χ3v) is 4.30. The second-order valence-electron chi connectivity index (χ2n) is 3.85. The normalized spacial score (nSPS) is 13.3. The molecule has 1 atom stereocenters. The minimum absolute atomic E-state index is 0.453. The average molecular weight is 284 g/mol. The van der Waals surface area contributed by atoms with Crippen LogP contribution in [0.1, 0.15) is 6.92 Å². The number of thiophene rings is 1. The number of nitrogens with zero attached hydrogens (tertiary/aromatic N) is 1. The van der Waals surface area contributed by atoms with Gasteiger partial charge in [0.2, 0.25) is 0 Å². The van der Waals surface area contributed by atoms with Crippen molar-refractivity contribution in [1.29, 1.82) is 0 Å². The van der Waals surface area contributed by atoms with Gasteiger partial charge in [0.05, 0.1) is 0 Å². The van der Waals surface area contributed by atoms with E-state index in [0.29, 0.717) is 5.82 Å².